The quantitative estimate of drug-likeness (QED) is 0.826. The number of carbonyl (C=O) groups is 1. The van der Waals surface area contributed by atoms with E-state index in [4.69, 9.17) is 0 Å². The summed E-state index contributed by atoms with van der Waals surface area (Å²) in [6, 6.07) is 6.75. The lowest BCUT2D eigenvalue weighted by molar-refractivity contribution is 0.240. The van der Waals surface area contributed by atoms with Gasteiger partial charge in [-0.2, -0.15) is 0 Å². The molecule has 1 saturated carbocycles. The number of rotatable bonds is 4. The van der Waals surface area contributed by atoms with Crippen molar-refractivity contribution in [2.45, 2.75) is 70.8 Å². The maximum Gasteiger partial charge on any atom is 0.319 e. The normalized spacial score (nSPS) is 18.2. The van der Waals surface area contributed by atoms with Crippen molar-refractivity contribution < 1.29 is 4.79 Å². The molecule has 0 aromatic heterocycles. The van der Waals surface area contributed by atoms with Crippen LogP contribution in [0.3, 0.4) is 0 Å². The summed E-state index contributed by atoms with van der Waals surface area (Å²) in [4.78, 5) is 12.2. The van der Waals surface area contributed by atoms with Crippen LogP contribution in [0.1, 0.15) is 74.6 Å². The van der Waals surface area contributed by atoms with E-state index in [9.17, 15) is 4.79 Å². The van der Waals surface area contributed by atoms with Crippen LogP contribution in [0.15, 0.2) is 30.0 Å². The van der Waals surface area contributed by atoms with Gasteiger partial charge >= 0.3 is 6.03 Å². The third-order valence-corrected chi connectivity index (χ3v) is 5.14. The highest BCUT2D eigenvalue weighted by Gasteiger charge is 2.16. The molecule has 23 heavy (non-hydrogen) atoms. The average Bonchev–Trinajstić information content (AvgIpc) is 3.11. The van der Waals surface area contributed by atoms with Crippen molar-refractivity contribution in [1.82, 2.24) is 10.6 Å². The molecule has 0 radical (unpaired) electrons. The van der Waals surface area contributed by atoms with Gasteiger partial charge in [0.05, 0.1) is 6.04 Å². The van der Waals surface area contributed by atoms with Gasteiger partial charge in [-0.1, -0.05) is 30.7 Å². The number of amides is 2. The molecule has 0 saturated heterocycles. The third-order valence-electron chi connectivity index (χ3n) is 5.14. The molecule has 1 aromatic rings. The molecular formula is C20H28N2O. The molecule has 0 aliphatic heterocycles. The molecule has 0 bridgehead atoms. The smallest absolute Gasteiger partial charge is 0.319 e. The summed E-state index contributed by atoms with van der Waals surface area (Å²) in [5.41, 5.74) is 5.56. The first-order valence-electron chi connectivity index (χ1n) is 9.13. The van der Waals surface area contributed by atoms with Crippen molar-refractivity contribution in [3.8, 4) is 0 Å². The van der Waals surface area contributed by atoms with Crippen molar-refractivity contribution in [1.29, 1.82) is 0 Å². The number of hydrogen-bond acceptors (Lipinski definition) is 1. The van der Waals surface area contributed by atoms with Crippen LogP contribution >= 0.6 is 0 Å². The van der Waals surface area contributed by atoms with Crippen LogP contribution in [0, 0.1) is 0 Å². The van der Waals surface area contributed by atoms with Gasteiger partial charge in [0.2, 0.25) is 0 Å². The van der Waals surface area contributed by atoms with Crippen LogP contribution in [0.2, 0.25) is 0 Å². The zero-order valence-electron chi connectivity index (χ0n) is 14.2. The summed E-state index contributed by atoms with van der Waals surface area (Å²) in [5.74, 6) is 0. The summed E-state index contributed by atoms with van der Waals surface area (Å²) in [6.07, 6.45) is 12.5. The highest BCUT2D eigenvalue weighted by Crippen LogP contribution is 2.26. The van der Waals surface area contributed by atoms with Crippen molar-refractivity contribution in [2.24, 2.45) is 0 Å². The van der Waals surface area contributed by atoms with Gasteiger partial charge in [0.1, 0.15) is 0 Å². The van der Waals surface area contributed by atoms with Gasteiger partial charge in [-0.05, 0) is 74.5 Å². The van der Waals surface area contributed by atoms with Gasteiger partial charge in [-0.25, -0.2) is 4.79 Å². The maximum atomic E-state index is 12.2. The fourth-order valence-electron chi connectivity index (χ4n) is 3.73. The molecule has 1 aromatic carbocycles. The van der Waals surface area contributed by atoms with E-state index in [1.54, 1.807) is 0 Å². The summed E-state index contributed by atoms with van der Waals surface area (Å²) in [7, 11) is 0. The number of allylic oxidation sites excluding steroid dienone is 1. The lowest BCUT2D eigenvalue weighted by Gasteiger charge is -2.21. The Bertz CT molecular complexity index is 583. The molecule has 2 aliphatic rings. The van der Waals surface area contributed by atoms with E-state index in [2.05, 4.69) is 35.8 Å². The van der Waals surface area contributed by atoms with E-state index in [-0.39, 0.29) is 12.1 Å². The largest absolute Gasteiger partial charge is 0.331 e. The van der Waals surface area contributed by atoms with Gasteiger partial charge < -0.3 is 10.6 Å². The second-order valence-corrected chi connectivity index (χ2v) is 6.82. The molecule has 124 valence electrons. The standard InChI is InChI=1S/C20H28N2O/c1-2-19(22-20(23)21-14-15-7-3-4-8-15)18-12-11-16-9-5-6-10-17(16)13-18/h11-14,19H,2-10H2,1H3,(H2,21,22,23). The molecular weight excluding hydrogens is 284 g/mol. The second kappa shape index (κ2) is 7.67. The van der Waals surface area contributed by atoms with Gasteiger partial charge in [0.15, 0.2) is 0 Å². The molecule has 0 heterocycles. The number of benzene rings is 1. The number of aryl methyl sites for hydroxylation is 2. The minimum absolute atomic E-state index is 0.0872. The predicted octanol–water partition coefficient (Wildman–Crippen LogP) is 4.77. The third kappa shape index (κ3) is 4.15. The number of carbonyl (C=O) groups excluding carboxylic acids is 1. The molecule has 3 rings (SSSR count). The number of urea groups is 1. The van der Waals surface area contributed by atoms with E-state index in [0.717, 1.165) is 19.3 Å². The van der Waals surface area contributed by atoms with Gasteiger partial charge in [-0.15, -0.1) is 0 Å². The van der Waals surface area contributed by atoms with Crippen molar-refractivity contribution >= 4 is 6.03 Å². The number of nitrogens with one attached hydrogen (secondary N) is 2. The number of hydrogen-bond donors (Lipinski definition) is 2. The Kier molecular flexibility index (Phi) is 5.37. The van der Waals surface area contributed by atoms with Gasteiger partial charge in [0, 0.05) is 6.20 Å². The minimum Gasteiger partial charge on any atom is -0.331 e. The zero-order valence-corrected chi connectivity index (χ0v) is 14.2. The Labute approximate surface area is 139 Å². The second-order valence-electron chi connectivity index (χ2n) is 6.82. The van der Waals surface area contributed by atoms with Gasteiger partial charge in [0.25, 0.3) is 0 Å². The van der Waals surface area contributed by atoms with Crippen molar-refractivity contribution in [3.63, 3.8) is 0 Å². The summed E-state index contributed by atoms with van der Waals surface area (Å²) >= 11 is 0. The fraction of sp³-hybridized carbons (Fsp3) is 0.550. The van der Waals surface area contributed by atoms with Crippen LogP contribution < -0.4 is 10.6 Å². The van der Waals surface area contributed by atoms with E-state index in [1.165, 1.54) is 60.8 Å². The Balaban J connectivity index is 1.62. The van der Waals surface area contributed by atoms with Crippen LogP contribution in [-0.4, -0.2) is 6.03 Å². The van der Waals surface area contributed by atoms with E-state index in [0.29, 0.717) is 0 Å². The Morgan fingerprint density at radius 1 is 1.09 bits per heavy atom. The minimum atomic E-state index is -0.0889. The summed E-state index contributed by atoms with van der Waals surface area (Å²) < 4.78 is 0. The van der Waals surface area contributed by atoms with E-state index >= 15 is 0 Å². The van der Waals surface area contributed by atoms with Crippen molar-refractivity contribution in [2.75, 3.05) is 0 Å². The molecule has 3 heteroatoms. The Morgan fingerprint density at radius 3 is 2.52 bits per heavy atom. The Morgan fingerprint density at radius 2 is 1.78 bits per heavy atom. The number of fused-ring (bicyclic) bond motifs is 1. The molecule has 1 fully saturated rings. The first-order valence-corrected chi connectivity index (χ1v) is 9.13. The summed E-state index contributed by atoms with van der Waals surface area (Å²) in [6.45, 7) is 2.12. The fourth-order valence-corrected chi connectivity index (χ4v) is 3.73. The summed E-state index contributed by atoms with van der Waals surface area (Å²) in [5, 5.41) is 6.03. The van der Waals surface area contributed by atoms with Crippen molar-refractivity contribution in [3.05, 3.63) is 46.7 Å². The van der Waals surface area contributed by atoms with E-state index < -0.39 is 0 Å². The lowest BCUT2D eigenvalue weighted by atomic mass is 9.89. The lowest BCUT2D eigenvalue weighted by Crippen LogP contribution is -2.35. The Hall–Kier alpha value is -1.77. The SMILES string of the molecule is CCC(NC(=O)NC=C1CCCC1)c1ccc2c(c1)CCCC2. The van der Waals surface area contributed by atoms with Crippen LogP contribution in [0.5, 0.6) is 0 Å². The zero-order chi connectivity index (χ0) is 16.1. The molecule has 1 atom stereocenters. The molecule has 3 nitrogen and oxygen atoms in total. The average molecular weight is 312 g/mol. The van der Waals surface area contributed by atoms with Crippen LogP contribution in [-0.2, 0) is 12.8 Å². The van der Waals surface area contributed by atoms with E-state index in [1.807, 2.05) is 6.20 Å². The first kappa shape index (κ1) is 16.1. The highest BCUT2D eigenvalue weighted by molar-refractivity contribution is 5.75. The molecule has 1 unspecified atom stereocenters. The predicted molar refractivity (Wildman–Crippen MR) is 94.3 cm³/mol. The van der Waals surface area contributed by atoms with Crippen LogP contribution in [0.25, 0.3) is 0 Å². The monoisotopic (exact) mass is 312 g/mol. The van der Waals surface area contributed by atoms with Gasteiger partial charge in [-0.3, -0.25) is 0 Å². The van der Waals surface area contributed by atoms with Crippen LogP contribution in [0.4, 0.5) is 4.79 Å². The first-order chi connectivity index (χ1) is 11.3. The molecule has 2 amide bonds. The molecule has 2 N–H and O–H groups in total. The molecule has 2 aliphatic carbocycles. The maximum absolute atomic E-state index is 12.2. The highest BCUT2D eigenvalue weighted by atomic mass is 16.2. The topological polar surface area (TPSA) is 41.1 Å². The molecule has 0 spiro atoms.